The minimum Gasteiger partial charge on any atom is -0.352 e. The van der Waals surface area contributed by atoms with Crippen molar-refractivity contribution in [2.45, 2.75) is 13.3 Å². The van der Waals surface area contributed by atoms with E-state index in [0.29, 0.717) is 38.5 Å². The van der Waals surface area contributed by atoms with Gasteiger partial charge in [0.25, 0.3) is 0 Å². The number of anilines is 4. The number of carbonyl (C=O) groups excluding carboxylic acids is 2. The summed E-state index contributed by atoms with van der Waals surface area (Å²) in [5, 5.41) is 11.8. The fourth-order valence-corrected chi connectivity index (χ4v) is 4.44. The van der Waals surface area contributed by atoms with E-state index in [0.717, 1.165) is 22.9 Å². The third kappa shape index (κ3) is 4.68. The number of nitrogens with one attached hydrogen (secondary N) is 1. The zero-order chi connectivity index (χ0) is 23.5. The van der Waals surface area contributed by atoms with Gasteiger partial charge in [-0.05, 0) is 48.9 Å². The number of benzene rings is 1. The summed E-state index contributed by atoms with van der Waals surface area (Å²) >= 11 is 0. The Balaban J connectivity index is 1.15. The van der Waals surface area contributed by atoms with Crippen molar-refractivity contribution in [2.24, 2.45) is 5.92 Å². The number of rotatable bonds is 5. The van der Waals surface area contributed by atoms with E-state index in [1.165, 1.54) is 0 Å². The van der Waals surface area contributed by atoms with Crippen molar-refractivity contribution >= 4 is 35.0 Å². The number of pyridine rings is 1. The topological polar surface area (TPSA) is 94.6 Å². The molecule has 1 aromatic carbocycles. The summed E-state index contributed by atoms with van der Waals surface area (Å²) in [4.78, 5) is 35.6. The molecule has 1 N–H and O–H groups in total. The van der Waals surface area contributed by atoms with Crippen molar-refractivity contribution in [1.82, 2.24) is 20.1 Å². The lowest BCUT2D eigenvalue weighted by Gasteiger charge is -2.36. The number of hydrogen-bond acceptors (Lipinski definition) is 7. The number of amides is 2. The first-order chi connectivity index (χ1) is 16.6. The lowest BCUT2D eigenvalue weighted by atomic mass is 10.1. The van der Waals surface area contributed by atoms with Crippen molar-refractivity contribution in [3.8, 4) is 0 Å². The molecule has 0 saturated carbocycles. The minimum atomic E-state index is -0.292. The van der Waals surface area contributed by atoms with Crippen LogP contribution in [-0.2, 0) is 9.59 Å². The quantitative estimate of drug-likeness (QED) is 0.629. The van der Waals surface area contributed by atoms with Crippen molar-refractivity contribution in [3.63, 3.8) is 0 Å². The van der Waals surface area contributed by atoms with Crippen LogP contribution in [0.2, 0.25) is 0 Å². The SMILES string of the molecule is Cc1ccnc(Nc2ccc(N3CCN(C(=O)C4CC(=O)N(c5ccccc5)C4)CC3)nn2)c1. The summed E-state index contributed by atoms with van der Waals surface area (Å²) in [5.74, 6) is 1.91. The molecule has 2 fully saturated rings. The van der Waals surface area contributed by atoms with Crippen molar-refractivity contribution < 1.29 is 9.59 Å². The third-order valence-corrected chi connectivity index (χ3v) is 6.28. The smallest absolute Gasteiger partial charge is 0.228 e. The fourth-order valence-electron chi connectivity index (χ4n) is 4.44. The van der Waals surface area contributed by atoms with Crippen LogP contribution < -0.4 is 15.1 Å². The lowest BCUT2D eigenvalue weighted by Crippen LogP contribution is -2.51. The maximum absolute atomic E-state index is 13.1. The number of aromatic nitrogens is 3. The number of aryl methyl sites for hydroxylation is 1. The van der Waals surface area contributed by atoms with E-state index < -0.39 is 0 Å². The Bertz CT molecular complexity index is 1160. The first-order valence-corrected chi connectivity index (χ1v) is 11.5. The molecule has 1 atom stereocenters. The molecule has 0 aliphatic carbocycles. The van der Waals surface area contributed by atoms with Gasteiger partial charge in [-0.25, -0.2) is 4.98 Å². The van der Waals surface area contributed by atoms with E-state index >= 15 is 0 Å². The first-order valence-electron chi connectivity index (χ1n) is 11.5. The van der Waals surface area contributed by atoms with Crippen LogP contribution >= 0.6 is 0 Å². The van der Waals surface area contributed by atoms with Crippen LogP contribution in [0.15, 0.2) is 60.8 Å². The van der Waals surface area contributed by atoms with Crippen LogP contribution in [0.1, 0.15) is 12.0 Å². The molecule has 3 aromatic rings. The molecule has 2 saturated heterocycles. The number of hydrogen-bond donors (Lipinski definition) is 1. The fraction of sp³-hybridized carbons (Fsp3) is 0.320. The zero-order valence-corrected chi connectivity index (χ0v) is 19.1. The molecule has 2 amide bonds. The highest BCUT2D eigenvalue weighted by atomic mass is 16.2. The molecule has 9 heteroatoms. The second kappa shape index (κ2) is 9.46. The second-order valence-electron chi connectivity index (χ2n) is 8.67. The lowest BCUT2D eigenvalue weighted by molar-refractivity contribution is -0.136. The number of para-hydroxylation sites is 1. The van der Waals surface area contributed by atoms with Gasteiger partial charge in [-0.15, -0.1) is 10.2 Å². The van der Waals surface area contributed by atoms with E-state index in [-0.39, 0.29) is 24.2 Å². The van der Waals surface area contributed by atoms with Crippen molar-refractivity contribution in [3.05, 3.63) is 66.4 Å². The van der Waals surface area contributed by atoms with Gasteiger partial charge in [0.15, 0.2) is 11.6 Å². The summed E-state index contributed by atoms with van der Waals surface area (Å²) in [6.07, 6.45) is 2.02. The Morgan fingerprint density at radius 3 is 2.47 bits per heavy atom. The molecule has 0 spiro atoms. The standard InChI is InChI=1S/C25H27N7O2/c1-18-9-10-26-22(15-18)27-21-7-8-23(29-28-21)30-11-13-31(14-12-30)25(34)19-16-24(33)32(17-19)20-5-3-2-4-6-20/h2-10,15,19H,11-14,16-17H2,1H3,(H,26,27,28). The Morgan fingerprint density at radius 1 is 0.971 bits per heavy atom. The van der Waals surface area contributed by atoms with Gasteiger partial charge in [-0.3, -0.25) is 9.59 Å². The highest BCUT2D eigenvalue weighted by molar-refractivity contribution is 6.00. The predicted octanol–water partition coefficient (Wildman–Crippen LogP) is 2.63. The molecule has 4 heterocycles. The molecule has 2 aliphatic heterocycles. The summed E-state index contributed by atoms with van der Waals surface area (Å²) in [5.41, 5.74) is 1.96. The van der Waals surface area contributed by atoms with Crippen molar-refractivity contribution in [2.75, 3.05) is 47.8 Å². The van der Waals surface area contributed by atoms with Crippen LogP contribution in [0.25, 0.3) is 0 Å². The van der Waals surface area contributed by atoms with Gasteiger partial charge < -0.3 is 20.0 Å². The molecule has 0 radical (unpaired) electrons. The van der Waals surface area contributed by atoms with Gasteiger partial charge in [0.2, 0.25) is 11.8 Å². The van der Waals surface area contributed by atoms with E-state index in [9.17, 15) is 9.59 Å². The number of nitrogens with zero attached hydrogens (tertiary/aromatic N) is 6. The van der Waals surface area contributed by atoms with Crippen LogP contribution in [0.4, 0.5) is 23.1 Å². The monoisotopic (exact) mass is 457 g/mol. The Hall–Kier alpha value is -4.01. The highest BCUT2D eigenvalue weighted by Crippen LogP contribution is 2.27. The number of piperazine rings is 1. The average molecular weight is 458 g/mol. The third-order valence-electron chi connectivity index (χ3n) is 6.28. The van der Waals surface area contributed by atoms with Gasteiger partial charge in [0, 0.05) is 51.0 Å². The molecule has 34 heavy (non-hydrogen) atoms. The molecule has 5 rings (SSSR count). The molecule has 0 bridgehead atoms. The summed E-state index contributed by atoms with van der Waals surface area (Å²) in [6, 6.07) is 17.2. The second-order valence-corrected chi connectivity index (χ2v) is 8.67. The normalized spacial score (nSPS) is 18.3. The maximum atomic E-state index is 13.1. The van der Waals surface area contributed by atoms with E-state index in [4.69, 9.17) is 0 Å². The predicted molar refractivity (Wildman–Crippen MR) is 130 cm³/mol. The van der Waals surface area contributed by atoms with Crippen LogP contribution in [-0.4, -0.2) is 64.6 Å². The van der Waals surface area contributed by atoms with Gasteiger partial charge in [-0.2, -0.15) is 0 Å². The highest BCUT2D eigenvalue weighted by Gasteiger charge is 2.38. The summed E-state index contributed by atoms with van der Waals surface area (Å²) in [6.45, 7) is 5.01. The maximum Gasteiger partial charge on any atom is 0.228 e. The van der Waals surface area contributed by atoms with Gasteiger partial charge in [0.1, 0.15) is 5.82 Å². The minimum absolute atomic E-state index is 0.00743. The molecule has 174 valence electrons. The van der Waals surface area contributed by atoms with Crippen LogP contribution in [0.3, 0.4) is 0 Å². The van der Waals surface area contributed by atoms with E-state index in [1.807, 2.05) is 66.4 Å². The van der Waals surface area contributed by atoms with E-state index in [2.05, 4.69) is 25.4 Å². The Labute approximate surface area is 198 Å². The summed E-state index contributed by atoms with van der Waals surface area (Å²) in [7, 11) is 0. The van der Waals surface area contributed by atoms with Crippen LogP contribution in [0, 0.1) is 12.8 Å². The Kier molecular flexibility index (Phi) is 6.07. The molecule has 2 aromatic heterocycles. The Morgan fingerprint density at radius 2 is 1.76 bits per heavy atom. The molecular weight excluding hydrogens is 430 g/mol. The first kappa shape index (κ1) is 21.8. The molecular formula is C25H27N7O2. The largest absolute Gasteiger partial charge is 0.352 e. The average Bonchev–Trinajstić information content (AvgIpc) is 3.26. The van der Waals surface area contributed by atoms with E-state index in [1.54, 1.807) is 11.1 Å². The van der Waals surface area contributed by atoms with Crippen molar-refractivity contribution in [1.29, 1.82) is 0 Å². The zero-order valence-electron chi connectivity index (χ0n) is 19.1. The summed E-state index contributed by atoms with van der Waals surface area (Å²) < 4.78 is 0. The van der Waals surface area contributed by atoms with Crippen LogP contribution in [0.5, 0.6) is 0 Å². The molecule has 9 nitrogen and oxygen atoms in total. The number of carbonyl (C=O) groups is 2. The van der Waals surface area contributed by atoms with Gasteiger partial charge in [0.05, 0.1) is 5.92 Å². The van der Waals surface area contributed by atoms with Gasteiger partial charge >= 0.3 is 0 Å². The molecule has 1 unspecified atom stereocenters. The molecule has 2 aliphatic rings. The van der Waals surface area contributed by atoms with Gasteiger partial charge in [-0.1, -0.05) is 18.2 Å².